The molecule has 0 aromatic carbocycles. The van der Waals surface area contributed by atoms with Crippen LogP contribution in [-0.2, 0) is 9.53 Å². The van der Waals surface area contributed by atoms with Gasteiger partial charge in [-0.15, -0.1) is 0 Å². The van der Waals surface area contributed by atoms with Crippen LogP contribution in [0.3, 0.4) is 0 Å². The highest BCUT2D eigenvalue weighted by atomic mass is 16.5. The summed E-state index contributed by atoms with van der Waals surface area (Å²) in [5.74, 6) is 0.275. The highest BCUT2D eigenvalue weighted by molar-refractivity contribution is 5.81. The number of esters is 1. The number of carbonyl (C=O) groups is 1. The van der Waals surface area contributed by atoms with Crippen LogP contribution in [0, 0.1) is 5.92 Å². The molecule has 0 aliphatic heterocycles. The Morgan fingerprint density at radius 3 is 1.21 bits per heavy atom. The molecule has 0 saturated heterocycles. The molecule has 0 aliphatic carbocycles. The molecule has 0 bridgehead atoms. The van der Waals surface area contributed by atoms with Gasteiger partial charge in [-0.05, 0) is 25.2 Å². The normalized spacial score (nSPS) is 11.6. The summed E-state index contributed by atoms with van der Waals surface area (Å²) < 4.78 is 4.91. The van der Waals surface area contributed by atoms with E-state index < -0.39 is 0 Å². The maximum Gasteiger partial charge on any atom is 0.330 e. The van der Waals surface area contributed by atoms with E-state index in [1.165, 1.54) is 167 Å². The summed E-state index contributed by atoms with van der Waals surface area (Å²) in [6, 6.07) is 0. The maximum atomic E-state index is 10.7. The number of ether oxygens (including phenoxy) is 1. The van der Waals surface area contributed by atoms with Crippen LogP contribution in [0.1, 0.15) is 188 Å². The van der Waals surface area contributed by atoms with Gasteiger partial charge in [-0.3, -0.25) is 0 Å². The second kappa shape index (κ2) is 36.2. The lowest BCUT2D eigenvalue weighted by atomic mass is 9.95. The third kappa shape index (κ3) is 35.2. The molecular formula is C35H70O3. The first-order valence-electron chi connectivity index (χ1n) is 17.1. The fourth-order valence-electron chi connectivity index (χ4n) is 4.93. The molecule has 1 N–H and O–H groups in total. The van der Waals surface area contributed by atoms with Crippen LogP contribution in [0.2, 0.25) is 0 Å². The monoisotopic (exact) mass is 539 g/mol. The van der Waals surface area contributed by atoms with Crippen LogP contribution in [-0.4, -0.2) is 24.3 Å². The minimum absolute atomic E-state index is 0.305. The zero-order valence-corrected chi connectivity index (χ0v) is 26.4. The number of unbranched alkanes of at least 4 members (excludes halogenated alkanes) is 21. The average Bonchev–Trinajstić information content (AvgIpc) is 2.94. The van der Waals surface area contributed by atoms with Crippen molar-refractivity contribution < 1.29 is 14.6 Å². The van der Waals surface area contributed by atoms with Crippen LogP contribution in [0.5, 0.6) is 0 Å². The number of aliphatic hydroxyl groups excluding tert-OH is 1. The van der Waals surface area contributed by atoms with Crippen molar-refractivity contribution in [3.05, 3.63) is 12.7 Å². The topological polar surface area (TPSA) is 46.5 Å². The Morgan fingerprint density at radius 1 is 0.579 bits per heavy atom. The first kappa shape index (κ1) is 39.3. The summed E-state index contributed by atoms with van der Waals surface area (Å²) in [4.78, 5) is 10.7. The van der Waals surface area contributed by atoms with Crippen molar-refractivity contribution in [2.75, 3.05) is 13.2 Å². The van der Waals surface area contributed by atoms with Crippen LogP contribution in [0.25, 0.3) is 0 Å². The number of aliphatic hydroxyl groups is 1. The summed E-state index contributed by atoms with van der Waals surface area (Å²) in [6.45, 7) is 11.1. The summed E-state index contributed by atoms with van der Waals surface area (Å²) in [6.07, 6.45) is 36.0. The Morgan fingerprint density at radius 2 is 0.895 bits per heavy atom. The van der Waals surface area contributed by atoms with Crippen molar-refractivity contribution in [2.45, 2.75) is 188 Å². The Bertz CT molecular complexity index is 448. The van der Waals surface area contributed by atoms with Crippen molar-refractivity contribution in [2.24, 2.45) is 5.92 Å². The highest BCUT2D eigenvalue weighted by Crippen LogP contribution is 2.19. The van der Waals surface area contributed by atoms with E-state index in [4.69, 9.17) is 4.74 Å². The van der Waals surface area contributed by atoms with Crippen molar-refractivity contribution in [1.82, 2.24) is 0 Å². The van der Waals surface area contributed by atoms with E-state index in [1.807, 2.05) is 0 Å². The van der Waals surface area contributed by atoms with Crippen LogP contribution < -0.4 is 0 Å². The maximum absolute atomic E-state index is 10.7. The lowest BCUT2D eigenvalue weighted by molar-refractivity contribution is -0.137. The molecule has 0 spiro atoms. The van der Waals surface area contributed by atoms with E-state index in [2.05, 4.69) is 27.4 Å². The molecule has 1 atom stereocenters. The molecule has 0 aromatic heterocycles. The second-order valence-electron chi connectivity index (χ2n) is 11.4. The van der Waals surface area contributed by atoms with Crippen LogP contribution in [0.4, 0.5) is 0 Å². The molecule has 3 heteroatoms. The first-order valence-corrected chi connectivity index (χ1v) is 17.1. The molecule has 0 rings (SSSR count). The van der Waals surface area contributed by atoms with Crippen molar-refractivity contribution >= 4 is 5.97 Å². The van der Waals surface area contributed by atoms with Gasteiger partial charge in [0.15, 0.2) is 0 Å². The Hall–Kier alpha value is -0.830. The Labute approximate surface area is 240 Å². The fraction of sp³-hybridized carbons (Fsp3) is 0.914. The minimum atomic E-state index is -0.305. The number of hydrogen-bond donors (Lipinski definition) is 1. The number of carbonyl (C=O) groups excluding carboxylic acids is 1. The minimum Gasteiger partial charge on any atom is -0.463 e. The van der Waals surface area contributed by atoms with E-state index in [1.54, 1.807) is 0 Å². The molecule has 0 amide bonds. The predicted molar refractivity (Wildman–Crippen MR) is 169 cm³/mol. The second-order valence-corrected chi connectivity index (χ2v) is 11.4. The number of rotatable bonds is 29. The van der Waals surface area contributed by atoms with E-state index in [-0.39, 0.29) is 5.97 Å². The van der Waals surface area contributed by atoms with Gasteiger partial charge < -0.3 is 9.84 Å². The summed E-state index contributed by atoms with van der Waals surface area (Å²) in [5, 5.41) is 9.47. The van der Waals surface area contributed by atoms with Crippen LogP contribution >= 0.6 is 0 Å². The van der Waals surface area contributed by atoms with Crippen LogP contribution in [0.15, 0.2) is 12.7 Å². The van der Waals surface area contributed by atoms with Gasteiger partial charge in [0.2, 0.25) is 0 Å². The van der Waals surface area contributed by atoms with Crippen molar-refractivity contribution in [3.63, 3.8) is 0 Å². The van der Waals surface area contributed by atoms with Gasteiger partial charge in [0.25, 0.3) is 0 Å². The molecule has 0 heterocycles. The molecule has 228 valence electrons. The van der Waals surface area contributed by atoms with Gasteiger partial charge in [-0.2, -0.15) is 0 Å². The van der Waals surface area contributed by atoms with E-state index >= 15 is 0 Å². The highest BCUT2D eigenvalue weighted by Gasteiger charge is 2.06. The van der Waals surface area contributed by atoms with Gasteiger partial charge in [0, 0.05) is 12.7 Å². The lowest BCUT2D eigenvalue weighted by Gasteiger charge is -2.13. The number of hydrogen-bond acceptors (Lipinski definition) is 3. The lowest BCUT2D eigenvalue weighted by Crippen LogP contribution is -2.06. The molecule has 1 unspecified atom stereocenters. The molecule has 0 aromatic rings. The SMILES string of the molecule is C=CC(=O)OCCCCCCCCCCCC.CCCCCCCCCCC(CO)CCCCCCCC. The average molecular weight is 539 g/mol. The van der Waals surface area contributed by atoms with Gasteiger partial charge in [0.05, 0.1) is 6.61 Å². The van der Waals surface area contributed by atoms with Gasteiger partial charge in [-0.1, -0.05) is 175 Å². The zero-order valence-electron chi connectivity index (χ0n) is 26.4. The third-order valence-corrected chi connectivity index (χ3v) is 7.60. The summed E-state index contributed by atoms with van der Waals surface area (Å²) in [5.41, 5.74) is 0. The standard InChI is InChI=1S/C20H42O.C15H28O2/c1-3-5-7-9-11-12-14-16-18-20(19-21)17-15-13-10-8-6-4-2;1-3-5-6-7-8-9-10-11-12-13-14-17-15(16)4-2/h20-21H,3-19H2,1-2H3;4H,2-3,5-14H2,1H3. The van der Waals surface area contributed by atoms with Gasteiger partial charge in [-0.25, -0.2) is 4.79 Å². The molecule has 0 fully saturated rings. The predicted octanol–water partition coefficient (Wildman–Crippen LogP) is 11.5. The molecule has 3 nitrogen and oxygen atoms in total. The molecule has 0 aliphatic rings. The van der Waals surface area contributed by atoms with Crippen molar-refractivity contribution in [3.8, 4) is 0 Å². The smallest absolute Gasteiger partial charge is 0.330 e. The third-order valence-electron chi connectivity index (χ3n) is 7.60. The van der Waals surface area contributed by atoms with E-state index in [0.29, 0.717) is 19.1 Å². The molecular weight excluding hydrogens is 468 g/mol. The Balaban J connectivity index is 0. The van der Waals surface area contributed by atoms with Gasteiger partial charge in [0.1, 0.15) is 0 Å². The van der Waals surface area contributed by atoms with Gasteiger partial charge >= 0.3 is 5.97 Å². The first-order chi connectivity index (χ1) is 18.7. The molecule has 0 saturated carbocycles. The van der Waals surface area contributed by atoms with E-state index in [0.717, 1.165) is 6.42 Å². The Kier molecular flexibility index (Phi) is 37.4. The van der Waals surface area contributed by atoms with Crippen molar-refractivity contribution in [1.29, 1.82) is 0 Å². The van der Waals surface area contributed by atoms with E-state index in [9.17, 15) is 9.90 Å². The quantitative estimate of drug-likeness (QED) is 0.0585. The fourth-order valence-corrected chi connectivity index (χ4v) is 4.93. The summed E-state index contributed by atoms with van der Waals surface area (Å²) in [7, 11) is 0. The largest absolute Gasteiger partial charge is 0.463 e. The molecule has 38 heavy (non-hydrogen) atoms. The zero-order chi connectivity index (χ0) is 28.4. The molecule has 0 radical (unpaired) electrons. The summed E-state index contributed by atoms with van der Waals surface area (Å²) >= 11 is 0.